The number of carboxylic acid groups (broad SMARTS) is 1. The maximum atomic E-state index is 12.6. The number of hydrogen-bond acceptors (Lipinski definition) is 3. The highest BCUT2D eigenvalue weighted by molar-refractivity contribution is 5.92. The number of carbonyl (C=O) groups is 1. The van der Waals surface area contributed by atoms with Gasteiger partial charge in [-0.25, -0.2) is 13.6 Å². The average Bonchev–Trinajstić information content (AvgIpc) is 2.28. The van der Waals surface area contributed by atoms with Crippen molar-refractivity contribution in [2.45, 2.75) is 13.3 Å². The molecule has 17 heavy (non-hydrogen) atoms. The summed E-state index contributed by atoms with van der Waals surface area (Å²) in [6.07, 6.45) is -2.77. The standard InChI is InChI=1S/C11H12F2O4/c1-3-17-9-7(11(14)15)4-6(10(12)13)5-8(9)16-2/h4-5,10H,3H2,1-2H3,(H,14,15). The van der Waals surface area contributed by atoms with Gasteiger partial charge in [-0.15, -0.1) is 0 Å². The van der Waals surface area contributed by atoms with Crippen LogP contribution in [0.15, 0.2) is 12.1 Å². The summed E-state index contributed by atoms with van der Waals surface area (Å²) in [6, 6.07) is 1.96. The minimum atomic E-state index is -2.77. The lowest BCUT2D eigenvalue weighted by molar-refractivity contribution is 0.0691. The van der Waals surface area contributed by atoms with Crippen molar-refractivity contribution in [2.24, 2.45) is 0 Å². The van der Waals surface area contributed by atoms with E-state index in [0.717, 1.165) is 12.1 Å². The predicted octanol–water partition coefficient (Wildman–Crippen LogP) is 2.73. The molecule has 0 radical (unpaired) electrons. The number of hydrogen-bond donors (Lipinski definition) is 1. The SMILES string of the molecule is CCOc1c(OC)cc(C(F)F)cc1C(=O)O. The van der Waals surface area contributed by atoms with Crippen molar-refractivity contribution in [1.29, 1.82) is 0 Å². The van der Waals surface area contributed by atoms with Gasteiger partial charge in [-0.1, -0.05) is 0 Å². The van der Waals surface area contributed by atoms with E-state index in [2.05, 4.69) is 0 Å². The number of benzene rings is 1. The Kier molecular flexibility index (Phi) is 4.25. The minimum absolute atomic E-state index is 0.0120. The summed E-state index contributed by atoms with van der Waals surface area (Å²) in [5, 5.41) is 8.94. The summed E-state index contributed by atoms with van der Waals surface area (Å²) >= 11 is 0. The molecule has 0 saturated carbocycles. The van der Waals surface area contributed by atoms with Gasteiger partial charge in [0.25, 0.3) is 6.43 Å². The van der Waals surface area contributed by atoms with Crippen LogP contribution in [0.1, 0.15) is 29.3 Å². The molecule has 1 N–H and O–H groups in total. The average molecular weight is 246 g/mol. The maximum absolute atomic E-state index is 12.6. The minimum Gasteiger partial charge on any atom is -0.493 e. The topological polar surface area (TPSA) is 55.8 Å². The fourth-order valence-electron chi connectivity index (χ4n) is 1.35. The molecule has 0 spiro atoms. The quantitative estimate of drug-likeness (QED) is 0.867. The van der Waals surface area contributed by atoms with E-state index in [9.17, 15) is 13.6 Å². The van der Waals surface area contributed by atoms with E-state index in [1.165, 1.54) is 7.11 Å². The molecular weight excluding hydrogens is 234 g/mol. The second kappa shape index (κ2) is 5.47. The summed E-state index contributed by atoms with van der Waals surface area (Å²) in [5.41, 5.74) is -0.746. The van der Waals surface area contributed by atoms with E-state index in [0.29, 0.717) is 0 Å². The van der Waals surface area contributed by atoms with Crippen molar-refractivity contribution in [3.8, 4) is 11.5 Å². The second-order valence-electron chi connectivity index (χ2n) is 3.14. The maximum Gasteiger partial charge on any atom is 0.339 e. The van der Waals surface area contributed by atoms with Gasteiger partial charge in [0.1, 0.15) is 5.56 Å². The molecule has 0 amide bonds. The normalized spacial score (nSPS) is 10.4. The molecule has 0 aliphatic rings. The van der Waals surface area contributed by atoms with Gasteiger partial charge in [0.2, 0.25) is 0 Å². The van der Waals surface area contributed by atoms with Crippen LogP contribution < -0.4 is 9.47 Å². The molecule has 1 rings (SSSR count). The number of rotatable bonds is 5. The van der Waals surface area contributed by atoms with Crippen LogP contribution in [0.2, 0.25) is 0 Å². The summed E-state index contributed by atoms with van der Waals surface area (Å²) < 4.78 is 35.1. The van der Waals surface area contributed by atoms with Crippen LogP contribution in [0.3, 0.4) is 0 Å². The first-order chi connectivity index (χ1) is 8.01. The van der Waals surface area contributed by atoms with Crippen LogP contribution in [0, 0.1) is 0 Å². The largest absolute Gasteiger partial charge is 0.493 e. The molecule has 0 bridgehead atoms. The Morgan fingerprint density at radius 3 is 2.53 bits per heavy atom. The van der Waals surface area contributed by atoms with Crippen molar-refractivity contribution in [1.82, 2.24) is 0 Å². The van der Waals surface area contributed by atoms with E-state index in [1.807, 2.05) is 0 Å². The number of carboxylic acids is 1. The zero-order chi connectivity index (χ0) is 13.0. The molecule has 0 aliphatic heterocycles. The van der Waals surface area contributed by atoms with Crippen molar-refractivity contribution >= 4 is 5.97 Å². The highest BCUT2D eigenvalue weighted by Gasteiger charge is 2.21. The first-order valence-electron chi connectivity index (χ1n) is 4.87. The lowest BCUT2D eigenvalue weighted by atomic mass is 10.1. The van der Waals surface area contributed by atoms with Gasteiger partial charge in [0.15, 0.2) is 11.5 Å². The zero-order valence-electron chi connectivity index (χ0n) is 9.37. The summed E-state index contributed by atoms with van der Waals surface area (Å²) in [5.74, 6) is -1.39. The molecule has 4 nitrogen and oxygen atoms in total. The summed E-state index contributed by atoms with van der Waals surface area (Å²) in [6.45, 7) is 1.87. The van der Waals surface area contributed by atoms with Gasteiger partial charge in [-0.2, -0.15) is 0 Å². The fraction of sp³-hybridized carbons (Fsp3) is 0.364. The van der Waals surface area contributed by atoms with Gasteiger partial charge in [-0.05, 0) is 19.1 Å². The predicted molar refractivity (Wildman–Crippen MR) is 56.1 cm³/mol. The molecule has 1 aromatic carbocycles. The van der Waals surface area contributed by atoms with Crippen molar-refractivity contribution < 1.29 is 28.2 Å². The van der Waals surface area contributed by atoms with Gasteiger partial charge in [0, 0.05) is 5.56 Å². The van der Waals surface area contributed by atoms with Crippen LogP contribution in [-0.4, -0.2) is 24.8 Å². The molecule has 1 aromatic rings. The monoisotopic (exact) mass is 246 g/mol. The van der Waals surface area contributed by atoms with Gasteiger partial charge >= 0.3 is 5.97 Å². The van der Waals surface area contributed by atoms with E-state index in [-0.39, 0.29) is 23.7 Å². The molecule has 0 heterocycles. The highest BCUT2D eigenvalue weighted by Crippen LogP contribution is 2.36. The molecule has 0 unspecified atom stereocenters. The van der Waals surface area contributed by atoms with Crippen molar-refractivity contribution in [3.63, 3.8) is 0 Å². The summed E-state index contributed by atoms with van der Waals surface area (Å²) in [7, 11) is 1.26. The molecule has 0 aliphatic carbocycles. The highest BCUT2D eigenvalue weighted by atomic mass is 19.3. The van der Waals surface area contributed by atoms with Gasteiger partial charge in [-0.3, -0.25) is 0 Å². The first-order valence-corrected chi connectivity index (χ1v) is 4.87. The first kappa shape index (κ1) is 13.2. The Labute approximate surface area is 96.8 Å². The Hall–Kier alpha value is -1.85. The number of halogens is 2. The zero-order valence-corrected chi connectivity index (χ0v) is 9.37. The lowest BCUT2D eigenvalue weighted by Gasteiger charge is -2.13. The molecule has 6 heteroatoms. The lowest BCUT2D eigenvalue weighted by Crippen LogP contribution is -2.06. The third-order valence-electron chi connectivity index (χ3n) is 2.07. The van der Waals surface area contributed by atoms with Gasteiger partial charge < -0.3 is 14.6 Å². The Bertz CT molecular complexity index is 418. The third-order valence-corrected chi connectivity index (χ3v) is 2.07. The van der Waals surface area contributed by atoms with Crippen LogP contribution in [0.4, 0.5) is 8.78 Å². The summed E-state index contributed by atoms with van der Waals surface area (Å²) in [4.78, 5) is 11.0. The molecular formula is C11H12F2O4. The van der Waals surface area contributed by atoms with Gasteiger partial charge in [0.05, 0.1) is 13.7 Å². The van der Waals surface area contributed by atoms with E-state index in [4.69, 9.17) is 14.6 Å². The molecule has 0 aromatic heterocycles. The van der Waals surface area contributed by atoms with E-state index >= 15 is 0 Å². The smallest absolute Gasteiger partial charge is 0.339 e. The fourth-order valence-corrected chi connectivity index (χ4v) is 1.35. The Morgan fingerprint density at radius 1 is 1.47 bits per heavy atom. The molecule has 0 atom stereocenters. The number of ether oxygens (including phenoxy) is 2. The number of methoxy groups -OCH3 is 1. The molecule has 94 valence electrons. The second-order valence-corrected chi connectivity index (χ2v) is 3.14. The molecule has 0 saturated heterocycles. The van der Waals surface area contributed by atoms with Crippen LogP contribution in [0.5, 0.6) is 11.5 Å². The van der Waals surface area contributed by atoms with Crippen LogP contribution >= 0.6 is 0 Å². The molecule has 0 fully saturated rings. The van der Waals surface area contributed by atoms with Crippen molar-refractivity contribution in [3.05, 3.63) is 23.3 Å². The van der Waals surface area contributed by atoms with Crippen LogP contribution in [0.25, 0.3) is 0 Å². The number of aromatic carboxylic acids is 1. The Balaban J connectivity index is 3.40. The van der Waals surface area contributed by atoms with E-state index < -0.39 is 18.0 Å². The van der Waals surface area contributed by atoms with Crippen LogP contribution in [-0.2, 0) is 0 Å². The van der Waals surface area contributed by atoms with E-state index in [1.54, 1.807) is 6.92 Å². The third kappa shape index (κ3) is 2.83. The Morgan fingerprint density at radius 2 is 2.12 bits per heavy atom. The number of alkyl halides is 2. The van der Waals surface area contributed by atoms with Crippen molar-refractivity contribution in [2.75, 3.05) is 13.7 Å².